The number of hydrogen-bond acceptors (Lipinski definition) is 18. The number of ether oxygens (including phenoxy) is 8. The summed E-state index contributed by atoms with van der Waals surface area (Å²) in [7, 11) is 0. The first kappa shape index (κ1) is 61.2. The van der Waals surface area contributed by atoms with Crippen molar-refractivity contribution >= 4 is 11.9 Å². The molecule has 4 saturated heterocycles. The standard InChI is InChI=1S/C55H90O18/c1-14-38-34(10)72-54(64,25-42(38)68-45-23-40(56)49(61)36(12)66-45)32(8)47(59)30(6)51-28(4)20-18-21-29(5)53(63)71-52(27(3)19-16-17-22-44(58)70-51)31(7)48(60)33(9)55(65)26-43(39(15-2)35(11)73-55)69-46-24-41(57)50(62)37(13)67-46/h16-22,27-28,30-43,45-52,56-57,59-62,64-65H,14-15,23-26H2,1-13H3/b19-16-,20-18-,22-17-,29-21-/t27-,28-,30-,31-,32-,33-,34+,35+,36-,37-,38+,39+,40-,41-,42+,43+,45-,46-,47+,48+,49+,50+,51-,52-,54+,55+/m0/s1. The molecule has 0 aromatic rings. The maximum Gasteiger partial charge on any atom is 0.334 e. The fourth-order valence-corrected chi connectivity index (χ4v) is 11.7. The van der Waals surface area contributed by atoms with E-state index in [9.17, 15) is 50.4 Å². The molecule has 8 N–H and O–H groups in total. The summed E-state index contributed by atoms with van der Waals surface area (Å²) in [5.41, 5.74) is 0.235. The minimum atomic E-state index is -1.88. The van der Waals surface area contributed by atoms with Crippen LogP contribution >= 0.6 is 0 Å². The number of hydrogen-bond donors (Lipinski definition) is 8. The molecule has 0 aromatic carbocycles. The number of allylic oxidation sites excluding steroid dienone is 4. The first-order chi connectivity index (χ1) is 34.2. The first-order valence-electron chi connectivity index (χ1n) is 26.8. The van der Waals surface area contributed by atoms with Gasteiger partial charge in [0.25, 0.3) is 0 Å². The van der Waals surface area contributed by atoms with Gasteiger partial charge in [-0.25, -0.2) is 9.59 Å². The van der Waals surface area contributed by atoms with Crippen molar-refractivity contribution in [2.75, 3.05) is 0 Å². The van der Waals surface area contributed by atoms with Crippen LogP contribution in [0.1, 0.15) is 129 Å². The summed E-state index contributed by atoms with van der Waals surface area (Å²) in [6.07, 6.45) is -1.42. The number of rotatable bonds is 14. The summed E-state index contributed by atoms with van der Waals surface area (Å²) in [6, 6.07) is 0. The van der Waals surface area contributed by atoms with Gasteiger partial charge in [-0.3, -0.25) is 0 Å². The molecule has 5 aliphatic rings. The summed E-state index contributed by atoms with van der Waals surface area (Å²) in [5.74, 6) is -9.83. The lowest BCUT2D eigenvalue weighted by Crippen LogP contribution is -2.59. The lowest BCUT2D eigenvalue weighted by Gasteiger charge is -2.50. The number of aliphatic hydroxyl groups excluding tert-OH is 6. The highest BCUT2D eigenvalue weighted by Crippen LogP contribution is 2.45. The normalized spacial score (nSPS) is 46.0. The Hall–Kier alpha value is -2.66. The molecule has 0 amide bonds. The molecule has 18 nitrogen and oxygen atoms in total. The monoisotopic (exact) mass is 1040 g/mol. The van der Waals surface area contributed by atoms with Crippen molar-refractivity contribution in [3.05, 3.63) is 48.1 Å². The fourth-order valence-electron chi connectivity index (χ4n) is 11.7. The van der Waals surface area contributed by atoms with Gasteiger partial charge in [0.15, 0.2) is 24.2 Å². The van der Waals surface area contributed by atoms with E-state index in [1.165, 1.54) is 12.2 Å². The Kier molecular flexibility index (Phi) is 21.9. The molecule has 4 fully saturated rings. The molecule has 0 spiro atoms. The van der Waals surface area contributed by atoms with Gasteiger partial charge >= 0.3 is 11.9 Å². The molecule has 18 heteroatoms. The van der Waals surface area contributed by atoms with Crippen molar-refractivity contribution in [2.45, 2.75) is 238 Å². The summed E-state index contributed by atoms with van der Waals surface area (Å²) < 4.78 is 49.3. The Balaban J connectivity index is 1.31. The van der Waals surface area contributed by atoms with Gasteiger partial charge < -0.3 is 78.7 Å². The molecule has 26 atom stereocenters. The number of cyclic esters (lactones) is 2. The molecule has 0 saturated carbocycles. The van der Waals surface area contributed by atoms with Crippen molar-refractivity contribution in [3.8, 4) is 0 Å². The first-order valence-corrected chi connectivity index (χ1v) is 26.8. The Morgan fingerprint density at radius 3 is 1.45 bits per heavy atom. The van der Waals surface area contributed by atoms with E-state index >= 15 is 0 Å². The Morgan fingerprint density at radius 1 is 0.630 bits per heavy atom. The van der Waals surface area contributed by atoms with E-state index < -0.39 is 157 Å². The third kappa shape index (κ3) is 14.7. The van der Waals surface area contributed by atoms with Gasteiger partial charge in [-0.05, 0) is 47.5 Å². The van der Waals surface area contributed by atoms with Crippen LogP contribution in [0.25, 0.3) is 0 Å². The molecule has 73 heavy (non-hydrogen) atoms. The van der Waals surface area contributed by atoms with Crippen LogP contribution < -0.4 is 0 Å². The van der Waals surface area contributed by atoms with Crippen molar-refractivity contribution in [2.24, 2.45) is 47.3 Å². The van der Waals surface area contributed by atoms with Crippen LogP contribution in [-0.2, 0) is 47.5 Å². The Morgan fingerprint density at radius 2 is 1.04 bits per heavy atom. The smallest absolute Gasteiger partial charge is 0.334 e. The van der Waals surface area contributed by atoms with Gasteiger partial charge in [-0.2, -0.15) is 0 Å². The minimum absolute atomic E-state index is 0.0271. The van der Waals surface area contributed by atoms with Gasteiger partial charge in [0.1, 0.15) is 24.4 Å². The summed E-state index contributed by atoms with van der Waals surface area (Å²) in [5, 5.41) is 89.8. The highest BCUT2D eigenvalue weighted by Gasteiger charge is 2.54. The zero-order valence-electron chi connectivity index (χ0n) is 45.3. The predicted molar refractivity (Wildman–Crippen MR) is 267 cm³/mol. The molecule has 5 aliphatic heterocycles. The summed E-state index contributed by atoms with van der Waals surface area (Å²) in [6.45, 7) is 22.9. The van der Waals surface area contributed by atoms with E-state index in [1.807, 2.05) is 27.7 Å². The Bertz CT molecular complexity index is 1890. The average molecular weight is 1040 g/mol. The average Bonchev–Trinajstić information content (AvgIpc) is 3.32. The van der Waals surface area contributed by atoms with E-state index in [1.54, 1.807) is 92.7 Å². The Labute approximate surface area is 432 Å². The van der Waals surface area contributed by atoms with Gasteiger partial charge in [0.05, 0.1) is 61.0 Å². The van der Waals surface area contributed by atoms with Crippen molar-refractivity contribution in [1.82, 2.24) is 0 Å². The van der Waals surface area contributed by atoms with E-state index in [0.717, 1.165) is 0 Å². The highest BCUT2D eigenvalue weighted by molar-refractivity contribution is 5.88. The van der Waals surface area contributed by atoms with Crippen LogP contribution in [0.2, 0.25) is 0 Å². The van der Waals surface area contributed by atoms with E-state index in [4.69, 9.17) is 37.9 Å². The molecular formula is C55H90O18. The third-order valence-corrected chi connectivity index (χ3v) is 16.8. The topological polar surface area (TPSA) is 270 Å². The van der Waals surface area contributed by atoms with Crippen molar-refractivity contribution < 1.29 is 88.3 Å². The van der Waals surface area contributed by atoms with Gasteiger partial charge in [-0.1, -0.05) is 91.8 Å². The quantitative estimate of drug-likeness (QED) is 0.111. The van der Waals surface area contributed by atoms with E-state index in [0.29, 0.717) is 12.8 Å². The van der Waals surface area contributed by atoms with E-state index in [2.05, 4.69) is 0 Å². The van der Waals surface area contributed by atoms with Crippen LogP contribution in [0.4, 0.5) is 0 Å². The highest BCUT2D eigenvalue weighted by atomic mass is 16.7. The van der Waals surface area contributed by atoms with Crippen molar-refractivity contribution in [1.29, 1.82) is 0 Å². The molecule has 0 aromatic heterocycles. The van der Waals surface area contributed by atoms with Gasteiger partial charge in [-0.15, -0.1) is 0 Å². The molecule has 0 radical (unpaired) electrons. The number of esters is 2. The predicted octanol–water partition coefficient (Wildman–Crippen LogP) is 4.51. The number of aliphatic hydroxyl groups is 8. The molecule has 5 rings (SSSR count). The molecule has 0 unspecified atom stereocenters. The van der Waals surface area contributed by atoms with Gasteiger partial charge in [0, 0.05) is 84.7 Å². The third-order valence-electron chi connectivity index (χ3n) is 16.8. The van der Waals surface area contributed by atoms with E-state index in [-0.39, 0.29) is 43.1 Å². The minimum Gasteiger partial charge on any atom is -0.458 e. The second kappa shape index (κ2) is 26.1. The molecular weight excluding hydrogens is 949 g/mol. The fraction of sp³-hybridized carbons (Fsp3) is 0.818. The van der Waals surface area contributed by atoms with Gasteiger partial charge in [0.2, 0.25) is 0 Å². The van der Waals surface area contributed by atoms with Crippen LogP contribution in [0, 0.1) is 47.3 Å². The molecule has 5 heterocycles. The SMILES string of the molecule is CC[C@@H]1[C@@H](C)O[C@@](O)([C@@H](C)[C@H](O)[C@H](C)[C@H]2OC(=O)/C=C\C=C/[C@H](C)[C@@H]([C@@H](C)[C@@H](O)[C@H](C)[C@@]3(O)C[C@@H](O[C@H]4C[C@H](O)[C@H](O)[C@H](C)O4)[C@H](CC)[C@@H](C)O3)OC(=O)/C(C)=C\C=C/[C@@H]2C)C[C@H]1O[C@H]1C[C@H](O)[C@H](O)[C@H](C)O1. The summed E-state index contributed by atoms with van der Waals surface area (Å²) >= 11 is 0. The molecule has 0 aliphatic carbocycles. The molecule has 418 valence electrons. The lowest BCUT2D eigenvalue weighted by atomic mass is 9.76. The number of carbonyl (C=O) groups is 2. The van der Waals surface area contributed by atoms with Crippen LogP contribution in [0.5, 0.6) is 0 Å². The number of carbonyl (C=O) groups excluding carboxylic acids is 2. The van der Waals surface area contributed by atoms with Crippen LogP contribution in [-0.4, -0.2) is 162 Å². The largest absolute Gasteiger partial charge is 0.458 e. The zero-order valence-corrected chi connectivity index (χ0v) is 45.3. The maximum absolute atomic E-state index is 13.9. The second-order valence-corrected chi connectivity index (χ2v) is 22.1. The summed E-state index contributed by atoms with van der Waals surface area (Å²) in [4.78, 5) is 27.4. The second-order valence-electron chi connectivity index (χ2n) is 22.1. The van der Waals surface area contributed by atoms with Crippen molar-refractivity contribution in [3.63, 3.8) is 0 Å². The zero-order chi connectivity index (χ0) is 54.4. The maximum atomic E-state index is 13.9. The van der Waals surface area contributed by atoms with Crippen LogP contribution in [0.3, 0.4) is 0 Å². The molecule has 0 bridgehead atoms. The van der Waals surface area contributed by atoms with Crippen LogP contribution in [0.15, 0.2) is 48.1 Å². The lowest BCUT2D eigenvalue weighted by molar-refractivity contribution is -0.345.